The molecule has 6 heteroatoms. The predicted molar refractivity (Wildman–Crippen MR) is 59.9 cm³/mol. The Bertz CT molecular complexity index is 571. The van der Waals surface area contributed by atoms with Crippen LogP contribution in [0.4, 0.5) is 4.39 Å². The molecule has 1 aromatic heterocycles. The van der Waals surface area contributed by atoms with Crippen LogP contribution in [0.25, 0.3) is 11.4 Å². The second-order valence-electron chi connectivity index (χ2n) is 3.23. The molecule has 2 rings (SSSR count). The summed E-state index contributed by atoms with van der Waals surface area (Å²) < 4.78 is 13.5. The minimum Gasteiger partial charge on any atom is -0.409 e. The molecule has 2 aromatic rings. The molecule has 17 heavy (non-hydrogen) atoms. The molecule has 0 aliphatic carbocycles. The summed E-state index contributed by atoms with van der Waals surface area (Å²) in [6.07, 6.45) is 1.42. The van der Waals surface area contributed by atoms with Crippen LogP contribution in [0.2, 0.25) is 0 Å². The van der Waals surface area contributed by atoms with E-state index < -0.39 is 5.82 Å². The molecule has 0 atom stereocenters. The minimum atomic E-state index is -0.427. The SMILES string of the molecule is N/C(=N\O)c1ccnc(-c2ccccc2F)n1. The fourth-order valence-electron chi connectivity index (χ4n) is 1.32. The molecule has 1 heterocycles. The Morgan fingerprint density at radius 1 is 1.29 bits per heavy atom. The summed E-state index contributed by atoms with van der Waals surface area (Å²) in [5, 5.41) is 11.4. The molecule has 3 N–H and O–H groups in total. The van der Waals surface area contributed by atoms with Crippen LogP contribution in [0.15, 0.2) is 41.7 Å². The van der Waals surface area contributed by atoms with E-state index >= 15 is 0 Å². The van der Waals surface area contributed by atoms with Crippen molar-refractivity contribution in [1.29, 1.82) is 0 Å². The molecule has 0 fully saturated rings. The number of amidine groups is 1. The zero-order chi connectivity index (χ0) is 12.3. The van der Waals surface area contributed by atoms with Crippen molar-refractivity contribution in [1.82, 2.24) is 9.97 Å². The molecule has 0 unspecified atom stereocenters. The van der Waals surface area contributed by atoms with Crippen molar-refractivity contribution in [3.8, 4) is 11.4 Å². The van der Waals surface area contributed by atoms with Crippen molar-refractivity contribution < 1.29 is 9.60 Å². The van der Waals surface area contributed by atoms with Gasteiger partial charge in [0.25, 0.3) is 0 Å². The molecule has 0 saturated carbocycles. The van der Waals surface area contributed by atoms with Crippen LogP contribution in [0, 0.1) is 5.82 Å². The van der Waals surface area contributed by atoms with Crippen LogP contribution >= 0.6 is 0 Å². The van der Waals surface area contributed by atoms with E-state index in [9.17, 15) is 4.39 Å². The van der Waals surface area contributed by atoms with E-state index in [-0.39, 0.29) is 22.9 Å². The Labute approximate surface area is 96.4 Å². The topological polar surface area (TPSA) is 84.4 Å². The first kappa shape index (κ1) is 11.0. The van der Waals surface area contributed by atoms with Gasteiger partial charge in [-0.05, 0) is 18.2 Å². The lowest BCUT2D eigenvalue weighted by molar-refractivity contribution is 0.318. The van der Waals surface area contributed by atoms with Crippen molar-refractivity contribution >= 4 is 5.84 Å². The molecular formula is C11H9FN4O. The van der Waals surface area contributed by atoms with Crippen molar-refractivity contribution in [2.45, 2.75) is 0 Å². The molecule has 5 nitrogen and oxygen atoms in total. The number of aromatic nitrogens is 2. The van der Waals surface area contributed by atoms with E-state index in [4.69, 9.17) is 10.9 Å². The van der Waals surface area contributed by atoms with Gasteiger partial charge in [0.2, 0.25) is 0 Å². The van der Waals surface area contributed by atoms with E-state index in [1.54, 1.807) is 18.2 Å². The van der Waals surface area contributed by atoms with Crippen LogP contribution in [0.3, 0.4) is 0 Å². The Morgan fingerprint density at radius 2 is 2.06 bits per heavy atom. The highest BCUT2D eigenvalue weighted by molar-refractivity contribution is 5.95. The van der Waals surface area contributed by atoms with Gasteiger partial charge in [-0.25, -0.2) is 14.4 Å². The van der Waals surface area contributed by atoms with Gasteiger partial charge in [-0.15, -0.1) is 0 Å². The Hall–Kier alpha value is -2.50. The number of halogens is 1. The molecule has 1 aromatic carbocycles. The van der Waals surface area contributed by atoms with Gasteiger partial charge < -0.3 is 10.9 Å². The first-order valence-corrected chi connectivity index (χ1v) is 4.78. The summed E-state index contributed by atoms with van der Waals surface area (Å²) in [7, 11) is 0. The normalized spacial score (nSPS) is 11.5. The van der Waals surface area contributed by atoms with Crippen LogP contribution in [0.1, 0.15) is 5.69 Å². The maximum Gasteiger partial charge on any atom is 0.188 e. The minimum absolute atomic E-state index is 0.148. The highest BCUT2D eigenvalue weighted by Crippen LogP contribution is 2.18. The number of hydrogen-bond donors (Lipinski definition) is 2. The second-order valence-corrected chi connectivity index (χ2v) is 3.23. The van der Waals surface area contributed by atoms with E-state index in [0.717, 1.165) is 0 Å². The summed E-state index contributed by atoms with van der Waals surface area (Å²) >= 11 is 0. The monoisotopic (exact) mass is 232 g/mol. The summed E-state index contributed by atoms with van der Waals surface area (Å²) in [6.45, 7) is 0. The average molecular weight is 232 g/mol. The van der Waals surface area contributed by atoms with Crippen molar-refractivity contribution in [3.05, 3.63) is 48.0 Å². The third-order valence-electron chi connectivity index (χ3n) is 2.14. The number of oxime groups is 1. The number of benzene rings is 1. The number of nitrogens with zero attached hydrogens (tertiary/aromatic N) is 3. The van der Waals surface area contributed by atoms with Crippen LogP contribution in [-0.4, -0.2) is 21.0 Å². The van der Waals surface area contributed by atoms with E-state index in [0.29, 0.717) is 0 Å². The summed E-state index contributed by atoms with van der Waals surface area (Å²) in [5.41, 5.74) is 5.90. The Kier molecular flexibility index (Phi) is 2.95. The van der Waals surface area contributed by atoms with Gasteiger partial charge in [0.05, 0.1) is 5.56 Å². The summed E-state index contributed by atoms with van der Waals surface area (Å²) in [6, 6.07) is 7.60. The standard InChI is InChI=1S/C11H9FN4O/c12-8-4-2-1-3-7(8)11-14-6-5-9(15-11)10(13)16-17/h1-6,17H,(H2,13,16). The van der Waals surface area contributed by atoms with E-state index in [1.165, 1.54) is 18.3 Å². The number of rotatable bonds is 2. The quantitative estimate of drug-likeness (QED) is 0.354. The third-order valence-corrected chi connectivity index (χ3v) is 2.14. The summed E-state index contributed by atoms with van der Waals surface area (Å²) in [4.78, 5) is 7.95. The third kappa shape index (κ3) is 2.20. The zero-order valence-electron chi connectivity index (χ0n) is 8.71. The van der Waals surface area contributed by atoms with Crippen LogP contribution in [-0.2, 0) is 0 Å². The number of nitrogens with two attached hydrogens (primary N) is 1. The first-order valence-electron chi connectivity index (χ1n) is 4.78. The Morgan fingerprint density at radius 3 is 2.76 bits per heavy atom. The van der Waals surface area contributed by atoms with Gasteiger partial charge in [-0.1, -0.05) is 17.3 Å². The highest BCUT2D eigenvalue weighted by Gasteiger charge is 2.09. The van der Waals surface area contributed by atoms with Crippen LogP contribution < -0.4 is 5.73 Å². The maximum absolute atomic E-state index is 13.5. The average Bonchev–Trinajstić information content (AvgIpc) is 2.38. The molecule has 0 saturated heterocycles. The fourth-order valence-corrected chi connectivity index (χ4v) is 1.32. The maximum atomic E-state index is 13.5. The van der Waals surface area contributed by atoms with Gasteiger partial charge in [-0.2, -0.15) is 0 Å². The largest absolute Gasteiger partial charge is 0.409 e. The highest BCUT2D eigenvalue weighted by atomic mass is 19.1. The van der Waals surface area contributed by atoms with Gasteiger partial charge in [-0.3, -0.25) is 0 Å². The fraction of sp³-hybridized carbons (Fsp3) is 0. The molecular weight excluding hydrogens is 223 g/mol. The lowest BCUT2D eigenvalue weighted by Gasteiger charge is -2.03. The molecule has 0 spiro atoms. The smallest absolute Gasteiger partial charge is 0.188 e. The van der Waals surface area contributed by atoms with Gasteiger partial charge in [0.15, 0.2) is 11.7 Å². The molecule has 0 amide bonds. The van der Waals surface area contributed by atoms with Gasteiger partial charge >= 0.3 is 0 Å². The predicted octanol–water partition coefficient (Wildman–Crippen LogP) is 1.38. The molecule has 0 radical (unpaired) electrons. The van der Waals surface area contributed by atoms with Crippen molar-refractivity contribution in [2.24, 2.45) is 10.9 Å². The Balaban J connectivity index is 2.51. The summed E-state index contributed by atoms with van der Waals surface area (Å²) in [5.74, 6) is -0.388. The molecule has 86 valence electrons. The number of hydrogen-bond acceptors (Lipinski definition) is 4. The van der Waals surface area contributed by atoms with Gasteiger partial charge in [0.1, 0.15) is 11.5 Å². The lowest BCUT2D eigenvalue weighted by atomic mass is 10.2. The molecule has 0 aliphatic heterocycles. The lowest BCUT2D eigenvalue weighted by Crippen LogP contribution is -2.15. The molecule has 0 bridgehead atoms. The van der Waals surface area contributed by atoms with Crippen molar-refractivity contribution in [2.75, 3.05) is 0 Å². The van der Waals surface area contributed by atoms with Crippen molar-refractivity contribution in [3.63, 3.8) is 0 Å². The first-order chi connectivity index (χ1) is 8.22. The van der Waals surface area contributed by atoms with E-state index in [2.05, 4.69) is 15.1 Å². The van der Waals surface area contributed by atoms with Crippen LogP contribution in [0.5, 0.6) is 0 Å². The molecule has 0 aliphatic rings. The zero-order valence-corrected chi connectivity index (χ0v) is 8.71. The second kappa shape index (κ2) is 4.56. The van der Waals surface area contributed by atoms with Gasteiger partial charge in [0, 0.05) is 6.20 Å². The van der Waals surface area contributed by atoms with E-state index in [1.807, 2.05) is 0 Å².